The summed E-state index contributed by atoms with van der Waals surface area (Å²) >= 11 is 0. The molecule has 0 fully saturated rings. The second kappa shape index (κ2) is 5.30. The quantitative estimate of drug-likeness (QED) is 0.771. The molecule has 0 saturated carbocycles. The normalized spacial score (nSPS) is 11.0. The van der Waals surface area contributed by atoms with Crippen molar-refractivity contribution in [2.45, 2.75) is 33.3 Å². The summed E-state index contributed by atoms with van der Waals surface area (Å²) in [5.41, 5.74) is 0.725. The number of ether oxygens (including phenoxy) is 2. The lowest BCUT2D eigenvalue weighted by atomic mass is 10.1. The van der Waals surface area contributed by atoms with Gasteiger partial charge in [-0.3, -0.25) is 0 Å². The molecule has 1 aromatic rings. The van der Waals surface area contributed by atoms with Crippen LogP contribution in [0.1, 0.15) is 43.7 Å². The molecule has 0 amide bonds. The zero-order valence-corrected chi connectivity index (χ0v) is 11.9. The Hall–Kier alpha value is -2.04. The van der Waals surface area contributed by atoms with E-state index in [9.17, 15) is 9.59 Å². The molecule has 0 N–H and O–H groups in total. The fourth-order valence-electron chi connectivity index (χ4n) is 1.54. The van der Waals surface area contributed by atoms with Crippen molar-refractivity contribution in [1.82, 2.24) is 4.57 Å². The van der Waals surface area contributed by atoms with E-state index in [0.29, 0.717) is 11.1 Å². The maximum atomic E-state index is 12.0. The van der Waals surface area contributed by atoms with Gasteiger partial charge in [0.1, 0.15) is 11.3 Å². The predicted octanol–water partition coefficient (Wildman–Crippen LogP) is 3.09. The van der Waals surface area contributed by atoms with Crippen LogP contribution in [0.5, 0.6) is 0 Å². The van der Waals surface area contributed by atoms with E-state index in [2.05, 4.69) is 6.58 Å². The number of methoxy groups -OCH3 is 1. The molecular weight excluding hydrogens is 246 g/mol. The van der Waals surface area contributed by atoms with Crippen LogP contribution in [0.15, 0.2) is 18.8 Å². The van der Waals surface area contributed by atoms with Gasteiger partial charge in [0, 0.05) is 11.8 Å². The highest BCUT2D eigenvalue weighted by atomic mass is 16.6. The summed E-state index contributed by atoms with van der Waals surface area (Å²) in [5, 5.41) is 0. The number of carbonyl (C=O) groups excluding carboxylic acids is 2. The molecule has 1 aromatic heterocycles. The van der Waals surface area contributed by atoms with Crippen molar-refractivity contribution in [2.24, 2.45) is 0 Å². The first kappa shape index (κ1) is 15.0. The highest BCUT2D eigenvalue weighted by Gasteiger charge is 2.25. The second-order valence-corrected chi connectivity index (χ2v) is 5.20. The summed E-state index contributed by atoms with van der Waals surface area (Å²) in [6.45, 7) is 10.8. The maximum Gasteiger partial charge on any atom is 0.419 e. The van der Waals surface area contributed by atoms with Crippen molar-refractivity contribution in [3.05, 3.63) is 30.1 Å². The van der Waals surface area contributed by atoms with Gasteiger partial charge in [-0.1, -0.05) is 6.58 Å². The molecule has 0 aliphatic carbocycles. The van der Waals surface area contributed by atoms with E-state index >= 15 is 0 Å². The zero-order chi connectivity index (χ0) is 14.8. The van der Waals surface area contributed by atoms with Crippen LogP contribution in [0.4, 0.5) is 4.79 Å². The predicted molar refractivity (Wildman–Crippen MR) is 72.1 cm³/mol. The van der Waals surface area contributed by atoms with Gasteiger partial charge in [0.25, 0.3) is 0 Å². The number of allylic oxidation sites excluding steroid dienone is 1. The fourth-order valence-corrected chi connectivity index (χ4v) is 1.54. The number of esters is 1. The van der Waals surface area contributed by atoms with Gasteiger partial charge in [0.05, 0.1) is 7.11 Å². The van der Waals surface area contributed by atoms with E-state index < -0.39 is 17.7 Å². The first-order chi connectivity index (χ1) is 8.67. The lowest BCUT2D eigenvalue weighted by molar-refractivity contribution is 0.0483. The van der Waals surface area contributed by atoms with Crippen molar-refractivity contribution < 1.29 is 19.1 Å². The van der Waals surface area contributed by atoms with Crippen molar-refractivity contribution in [2.75, 3.05) is 7.11 Å². The second-order valence-electron chi connectivity index (χ2n) is 5.20. The number of hydrogen-bond donors (Lipinski definition) is 0. The van der Waals surface area contributed by atoms with Gasteiger partial charge < -0.3 is 9.47 Å². The van der Waals surface area contributed by atoms with E-state index in [1.165, 1.54) is 13.3 Å². The Balaban J connectivity index is 3.25. The van der Waals surface area contributed by atoms with Crippen LogP contribution in [0.2, 0.25) is 0 Å². The average molecular weight is 265 g/mol. The number of nitrogens with zero attached hydrogens (tertiary/aromatic N) is 1. The molecule has 1 heterocycles. The van der Waals surface area contributed by atoms with Crippen molar-refractivity contribution in [1.29, 1.82) is 0 Å². The minimum absolute atomic E-state index is 0.129. The van der Waals surface area contributed by atoms with Crippen LogP contribution in [0.3, 0.4) is 0 Å². The molecule has 0 aromatic carbocycles. The summed E-state index contributed by atoms with van der Waals surface area (Å²) in [5.74, 6) is -0.603. The Morgan fingerprint density at radius 2 is 1.89 bits per heavy atom. The third-order valence-electron chi connectivity index (χ3n) is 2.32. The molecular formula is C14H19NO4. The van der Waals surface area contributed by atoms with Gasteiger partial charge in [-0.05, 0) is 39.3 Å². The van der Waals surface area contributed by atoms with Crippen molar-refractivity contribution in [3.63, 3.8) is 0 Å². The molecule has 0 bridgehead atoms. The topological polar surface area (TPSA) is 57.5 Å². The maximum absolute atomic E-state index is 12.0. The average Bonchev–Trinajstić information content (AvgIpc) is 2.70. The van der Waals surface area contributed by atoms with Gasteiger partial charge in [0.15, 0.2) is 0 Å². The summed E-state index contributed by atoms with van der Waals surface area (Å²) < 4.78 is 11.1. The molecule has 5 heteroatoms. The minimum Gasteiger partial charge on any atom is -0.464 e. The van der Waals surface area contributed by atoms with Crippen LogP contribution in [-0.2, 0) is 9.47 Å². The van der Waals surface area contributed by atoms with Gasteiger partial charge in [-0.25, -0.2) is 14.2 Å². The van der Waals surface area contributed by atoms with Gasteiger partial charge in [-0.2, -0.15) is 0 Å². The van der Waals surface area contributed by atoms with Crippen LogP contribution in [0.25, 0.3) is 5.57 Å². The number of carbonyl (C=O) groups is 2. The standard InChI is InChI=1S/C14H19NO4/c1-9(2)10-7-8-15(11(10)12(16)18-6)13(17)19-14(3,4)5/h7-8H,1H2,2-6H3. The fraction of sp³-hybridized carbons (Fsp3) is 0.429. The van der Waals surface area contributed by atoms with Crippen LogP contribution < -0.4 is 0 Å². The van der Waals surface area contributed by atoms with Crippen LogP contribution >= 0.6 is 0 Å². The van der Waals surface area contributed by atoms with E-state index in [-0.39, 0.29) is 5.69 Å². The molecule has 0 spiro atoms. The van der Waals surface area contributed by atoms with Gasteiger partial charge in [0.2, 0.25) is 0 Å². The first-order valence-electron chi connectivity index (χ1n) is 5.86. The van der Waals surface area contributed by atoms with Crippen LogP contribution in [0, 0.1) is 0 Å². The number of aromatic nitrogens is 1. The molecule has 0 unspecified atom stereocenters. The summed E-state index contributed by atoms with van der Waals surface area (Å²) in [6, 6.07) is 1.64. The van der Waals surface area contributed by atoms with E-state index in [1.807, 2.05) is 0 Å². The summed E-state index contributed by atoms with van der Waals surface area (Å²) in [4.78, 5) is 23.8. The van der Waals surface area contributed by atoms with Crippen LogP contribution in [-0.4, -0.2) is 29.3 Å². The molecule has 0 radical (unpaired) electrons. The lowest BCUT2D eigenvalue weighted by Gasteiger charge is -2.20. The van der Waals surface area contributed by atoms with Gasteiger partial charge >= 0.3 is 12.1 Å². The molecule has 0 atom stereocenters. The number of rotatable bonds is 2. The monoisotopic (exact) mass is 265 g/mol. The zero-order valence-electron chi connectivity index (χ0n) is 11.9. The minimum atomic E-state index is -0.641. The Bertz CT molecular complexity index is 520. The first-order valence-corrected chi connectivity index (χ1v) is 5.86. The van der Waals surface area contributed by atoms with Gasteiger partial charge in [-0.15, -0.1) is 0 Å². The van der Waals surface area contributed by atoms with E-state index in [4.69, 9.17) is 9.47 Å². The third kappa shape index (κ3) is 3.47. The highest BCUT2D eigenvalue weighted by Crippen LogP contribution is 2.21. The van der Waals surface area contributed by atoms with Crippen molar-refractivity contribution in [3.8, 4) is 0 Å². The third-order valence-corrected chi connectivity index (χ3v) is 2.32. The number of hydrogen-bond acceptors (Lipinski definition) is 4. The highest BCUT2D eigenvalue weighted by molar-refractivity contribution is 5.97. The Morgan fingerprint density at radius 3 is 2.32 bits per heavy atom. The molecule has 5 nitrogen and oxygen atoms in total. The Labute approximate surface area is 112 Å². The SMILES string of the molecule is C=C(C)c1ccn(C(=O)OC(C)(C)C)c1C(=O)OC. The smallest absolute Gasteiger partial charge is 0.419 e. The van der Waals surface area contributed by atoms with E-state index in [0.717, 1.165) is 4.57 Å². The molecule has 104 valence electrons. The molecule has 19 heavy (non-hydrogen) atoms. The molecule has 1 rings (SSSR count). The molecule has 0 saturated heterocycles. The van der Waals surface area contributed by atoms with Crippen molar-refractivity contribution >= 4 is 17.6 Å². The lowest BCUT2D eigenvalue weighted by Crippen LogP contribution is -2.29. The largest absolute Gasteiger partial charge is 0.464 e. The molecule has 0 aliphatic heterocycles. The molecule has 0 aliphatic rings. The van der Waals surface area contributed by atoms with E-state index in [1.54, 1.807) is 33.8 Å². The Kier molecular flexibility index (Phi) is 4.19. The Morgan fingerprint density at radius 1 is 1.32 bits per heavy atom. The summed E-state index contributed by atoms with van der Waals surface area (Å²) in [7, 11) is 1.26. The summed E-state index contributed by atoms with van der Waals surface area (Å²) in [6.07, 6.45) is 0.852.